The van der Waals surface area contributed by atoms with Crippen LogP contribution < -0.4 is 0 Å². The number of rotatable bonds is 5. The summed E-state index contributed by atoms with van der Waals surface area (Å²) < 4.78 is 0. The molecule has 1 aromatic heterocycles. The van der Waals surface area contributed by atoms with Crippen LogP contribution in [0.2, 0.25) is 0 Å². The fourth-order valence-corrected chi connectivity index (χ4v) is 2.87. The predicted octanol–water partition coefficient (Wildman–Crippen LogP) is 2.65. The molecule has 0 unspecified atom stereocenters. The number of thiophene rings is 1. The van der Waals surface area contributed by atoms with E-state index in [2.05, 4.69) is 33.9 Å². The lowest BCUT2D eigenvalue weighted by Crippen LogP contribution is -2.36. The third kappa shape index (κ3) is 3.17. The summed E-state index contributed by atoms with van der Waals surface area (Å²) in [6.45, 7) is 1.97. The van der Waals surface area contributed by atoms with Crippen LogP contribution in [0.15, 0.2) is 29.0 Å². The lowest BCUT2D eigenvalue weighted by molar-refractivity contribution is 0.155. The first kappa shape index (κ1) is 11.8. The van der Waals surface area contributed by atoms with E-state index in [1.165, 1.54) is 24.8 Å². The first-order chi connectivity index (χ1) is 7.90. The van der Waals surface area contributed by atoms with Gasteiger partial charge in [0, 0.05) is 19.1 Å². The Labute approximate surface area is 101 Å². The monoisotopic (exact) mass is 237 g/mol. The van der Waals surface area contributed by atoms with E-state index < -0.39 is 0 Å². The summed E-state index contributed by atoms with van der Waals surface area (Å²) in [4.78, 5) is 2.37. The van der Waals surface area contributed by atoms with E-state index in [0.717, 1.165) is 13.1 Å². The van der Waals surface area contributed by atoms with Gasteiger partial charge < -0.3 is 5.11 Å². The zero-order valence-corrected chi connectivity index (χ0v) is 10.3. The van der Waals surface area contributed by atoms with Crippen molar-refractivity contribution in [3.05, 3.63) is 34.5 Å². The summed E-state index contributed by atoms with van der Waals surface area (Å²) >= 11 is 1.74. The van der Waals surface area contributed by atoms with Crippen molar-refractivity contribution >= 4 is 11.3 Å². The van der Waals surface area contributed by atoms with Crippen molar-refractivity contribution in [1.82, 2.24) is 4.90 Å². The van der Waals surface area contributed by atoms with Gasteiger partial charge >= 0.3 is 0 Å². The molecule has 1 N–H and O–H groups in total. The Morgan fingerprint density at radius 2 is 2.44 bits per heavy atom. The zero-order valence-electron chi connectivity index (χ0n) is 9.51. The normalized spacial score (nSPS) is 20.5. The van der Waals surface area contributed by atoms with Crippen LogP contribution in [0.5, 0.6) is 0 Å². The Morgan fingerprint density at radius 1 is 1.50 bits per heavy atom. The highest BCUT2D eigenvalue weighted by atomic mass is 32.1. The molecule has 1 atom stereocenters. The molecule has 88 valence electrons. The number of allylic oxidation sites excluding steroid dienone is 1. The molecule has 2 nitrogen and oxygen atoms in total. The smallest absolute Gasteiger partial charge is 0.0558 e. The van der Waals surface area contributed by atoms with Crippen LogP contribution >= 0.6 is 11.3 Å². The lowest BCUT2D eigenvalue weighted by atomic mass is 10.0. The van der Waals surface area contributed by atoms with Gasteiger partial charge in [0.15, 0.2) is 0 Å². The molecule has 1 aliphatic rings. The molecule has 2 rings (SSSR count). The molecule has 0 amide bonds. The lowest BCUT2D eigenvalue weighted by Gasteiger charge is -2.30. The minimum Gasteiger partial charge on any atom is -0.395 e. The number of hydrogen-bond acceptors (Lipinski definition) is 3. The van der Waals surface area contributed by atoms with Gasteiger partial charge in [-0.15, -0.1) is 0 Å². The maximum absolute atomic E-state index is 9.13. The van der Waals surface area contributed by atoms with Crippen LogP contribution in [-0.2, 0) is 6.54 Å². The molecule has 1 aromatic rings. The van der Waals surface area contributed by atoms with Crippen LogP contribution in [0, 0.1) is 0 Å². The van der Waals surface area contributed by atoms with E-state index in [-0.39, 0.29) is 6.61 Å². The van der Waals surface area contributed by atoms with Gasteiger partial charge in [-0.1, -0.05) is 12.2 Å². The fraction of sp³-hybridized carbons (Fsp3) is 0.538. The molecule has 1 aliphatic carbocycles. The quantitative estimate of drug-likeness (QED) is 0.796. The predicted molar refractivity (Wildman–Crippen MR) is 68.6 cm³/mol. The van der Waals surface area contributed by atoms with Gasteiger partial charge in [-0.3, -0.25) is 4.90 Å². The van der Waals surface area contributed by atoms with Crippen LogP contribution in [0.25, 0.3) is 0 Å². The second-order valence-electron chi connectivity index (χ2n) is 4.25. The topological polar surface area (TPSA) is 23.5 Å². The third-order valence-electron chi connectivity index (χ3n) is 3.05. The molecule has 0 saturated carbocycles. The van der Waals surface area contributed by atoms with Crippen molar-refractivity contribution in [2.75, 3.05) is 13.2 Å². The van der Waals surface area contributed by atoms with E-state index >= 15 is 0 Å². The van der Waals surface area contributed by atoms with Crippen molar-refractivity contribution in [2.45, 2.75) is 31.8 Å². The third-order valence-corrected chi connectivity index (χ3v) is 3.78. The van der Waals surface area contributed by atoms with Crippen LogP contribution in [0.1, 0.15) is 24.8 Å². The van der Waals surface area contributed by atoms with E-state index in [1.807, 2.05) is 0 Å². The van der Waals surface area contributed by atoms with E-state index in [9.17, 15) is 0 Å². The van der Waals surface area contributed by atoms with Crippen molar-refractivity contribution in [3.63, 3.8) is 0 Å². The average Bonchev–Trinajstić information content (AvgIpc) is 2.83. The summed E-state index contributed by atoms with van der Waals surface area (Å²) in [6.07, 6.45) is 8.27. The van der Waals surface area contributed by atoms with Gasteiger partial charge in [0.1, 0.15) is 0 Å². The first-order valence-corrected chi connectivity index (χ1v) is 6.87. The Bertz CT molecular complexity index is 321. The fourth-order valence-electron chi connectivity index (χ4n) is 2.21. The number of hydrogen-bond donors (Lipinski definition) is 1. The Morgan fingerprint density at radius 3 is 3.06 bits per heavy atom. The molecular formula is C13H19NOS. The molecule has 0 spiro atoms. The number of aliphatic hydroxyl groups is 1. The van der Waals surface area contributed by atoms with Gasteiger partial charge in [-0.25, -0.2) is 0 Å². The Balaban J connectivity index is 1.98. The van der Waals surface area contributed by atoms with Crippen LogP contribution in [0.4, 0.5) is 0 Å². The van der Waals surface area contributed by atoms with E-state index in [1.54, 1.807) is 11.3 Å². The highest BCUT2D eigenvalue weighted by molar-refractivity contribution is 7.07. The second-order valence-corrected chi connectivity index (χ2v) is 5.03. The highest BCUT2D eigenvalue weighted by Crippen LogP contribution is 2.19. The first-order valence-electron chi connectivity index (χ1n) is 5.93. The van der Waals surface area contributed by atoms with Gasteiger partial charge in [-0.05, 0) is 41.7 Å². The summed E-state index contributed by atoms with van der Waals surface area (Å²) in [5.41, 5.74) is 1.36. The molecule has 0 saturated heterocycles. The van der Waals surface area contributed by atoms with Gasteiger partial charge in [0.25, 0.3) is 0 Å². The molecule has 0 bridgehead atoms. The number of nitrogens with zero attached hydrogens (tertiary/aromatic N) is 1. The van der Waals surface area contributed by atoms with Crippen molar-refractivity contribution in [3.8, 4) is 0 Å². The Kier molecular flexibility index (Phi) is 4.57. The Hall–Kier alpha value is -0.640. The minimum atomic E-state index is 0.245. The van der Waals surface area contributed by atoms with Gasteiger partial charge in [0.2, 0.25) is 0 Å². The summed E-state index contributed by atoms with van der Waals surface area (Å²) in [7, 11) is 0. The van der Waals surface area contributed by atoms with E-state index in [0.29, 0.717) is 6.04 Å². The maximum atomic E-state index is 9.13. The molecule has 0 fully saturated rings. The van der Waals surface area contributed by atoms with Crippen molar-refractivity contribution < 1.29 is 5.11 Å². The van der Waals surface area contributed by atoms with Crippen LogP contribution in [-0.4, -0.2) is 29.2 Å². The molecule has 1 heterocycles. The maximum Gasteiger partial charge on any atom is 0.0558 e. The minimum absolute atomic E-state index is 0.245. The molecule has 0 aliphatic heterocycles. The molecule has 16 heavy (non-hydrogen) atoms. The zero-order chi connectivity index (χ0) is 11.2. The van der Waals surface area contributed by atoms with Crippen molar-refractivity contribution in [2.24, 2.45) is 0 Å². The van der Waals surface area contributed by atoms with E-state index in [4.69, 9.17) is 5.11 Å². The van der Waals surface area contributed by atoms with Crippen LogP contribution in [0.3, 0.4) is 0 Å². The summed E-state index contributed by atoms with van der Waals surface area (Å²) in [5.74, 6) is 0. The molecule has 0 aromatic carbocycles. The molecule has 3 heteroatoms. The highest BCUT2D eigenvalue weighted by Gasteiger charge is 2.17. The standard InChI is InChI=1S/C13H19NOS/c15-8-7-14(10-12-6-9-16-11-12)13-4-2-1-3-5-13/h2,4,6,9,11,13,15H,1,3,5,7-8,10H2/t13-/m1/s1. The summed E-state index contributed by atoms with van der Waals surface area (Å²) in [6, 6.07) is 2.68. The van der Waals surface area contributed by atoms with Gasteiger partial charge in [-0.2, -0.15) is 11.3 Å². The average molecular weight is 237 g/mol. The SMILES string of the molecule is OCCN(Cc1ccsc1)[C@@H]1C=CCCC1. The molecular weight excluding hydrogens is 218 g/mol. The van der Waals surface area contributed by atoms with Crippen molar-refractivity contribution in [1.29, 1.82) is 0 Å². The summed E-state index contributed by atoms with van der Waals surface area (Å²) in [5, 5.41) is 13.4. The largest absolute Gasteiger partial charge is 0.395 e. The molecule has 0 radical (unpaired) electrons. The number of aliphatic hydroxyl groups excluding tert-OH is 1. The second kappa shape index (κ2) is 6.18. The van der Waals surface area contributed by atoms with Gasteiger partial charge in [0.05, 0.1) is 6.61 Å².